The third kappa shape index (κ3) is 5.12. The molecule has 0 aliphatic carbocycles. The minimum Gasteiger partial charge on any atom is -0.497 e. The van der Waals surface area contributed by atoms with Crippen LogP contribution in [0.2, 0.25) is 0 Å². The number of methoxy groups -OCH3 is 1. The number of rotatable bonds is 8. The molecule has 7 nitrogen and oxygen atoms in total. The minimum atomic E-state index is -3.50. The number of benzene rings is 2. The van der Waals surface area contributed by atoms with Gasteiger partial charge < -0.3 is 9.47 Å². The minimum absolute atomic E-state index is 0.297. The molecule has 32 heavy (non-hydrogen) atoms. The summed E-state index contributed by atoms with van der Waals surface area (Å²) in [6.45, 7) is 5.60. The van der Waals surface area contributed by atoms with E-state index in [4.69, 9.17) is 14.5 Å². The van der Waals surface area contributed by atoms with Gasteiger partial charge in [0.05, 0.1) is 24.3 Å². The van der Waals surface area contributed by atoms with Gasteiger partial charge in [0.1, 0.15) is 16.5 Å². The summed E-state index contributed by atoms with van der Waals surface area (Å²) >= 11 is 1.62. The van der Waals surface area contributed by atoms with Crippen LogP contribution in [0.3, 0.4) is 0 Å². The van der Waals surface area contributed by atoms with E-state index in [1.54, 1.807) is 47.0 Å². The van der Waals surface area contributed by atoms with Gasteiger partial charge in [0.2, 0.25) is 10.0 Å². The van der Waals surface area contributed by atoms with Crippen molar-refractivity contribution >= 4 is 21.4 Å². The van der Waals surface area contributed by atoms with Crippen LogP contribution in [-0.2, 0) is 16.6 Å². The van der Waals surface area contributed by atoms with E-state index in [2.05, 4.69) is 10.3 Å². The lowest BCUT2D eigenvalue weighted by atomic mass is 10.2. The van der Waals surface area contributed by atoms with Gasteiger partial charge >= 0.3 is 0 Å². The van der Waals surface area contributed by atoms with E-state index in [9.17, 15) is 8.42 Å². The molecule has 1 saturated heterocycles. The Kier molecular flexibility index (Phi) is 7.10. The van der Waals surface area contributed by atoms with Gasteiger partial charge in [0, 0.05) is 43.7 Å². The smallest absolute Gasteiger partial charge is 0.243 e. The van der Waals surface area contributed by atoms with Crippen molar-refractivity contribution in [3.63, 3.8) is 0 Å². The van der Waals surface area contributed by atoms with Crippen LogP contribution in [-0.4, -0.2) is 62.5 Å². The largest absolute Gasteiger partial charge is 0.497 e. The van der Waals surface area contributed by atoms with Crippen LogP contribution in [0.25, 0.3) is 10.6 Å². The van der Waals surface area contributed by atoms with Gasteiger partial charge in [0.25, 0.3) is 0 Å². The second-order valence-corrected chi connectivity index (χ2v) is 10.3. The zero-order chi connectivity index (χ0) is 22.6. The van der Waals surface area contributed by atoms with Gasteiger partial charge in [-0.3, -0.25) is 4.90 Å². The maximum absolute atomic E-state index is 12.9. The van der Waals surface area contributed by atoms with Crippen molar-refractivity contribution in [2.45, 2.75) is 18.4 Å². The number of sulfonamides is 1. The lowest BCUT2D eigenvalue weighted by molar-refractivity contribution is 0.180. The predicted molar refractivity (Wildman–Crippen MR) is 126 cm³/mol. The molecule has 4 rings (SSSR count). The van der Waals surface area contributed by atoms with Crippen LogP contribution in [0.5, 0.6) is 11.5 Å². The molecule has 1 aromatic heterocycles. The van der Waals surface area contributed by atoms with E-state index in [0.717, 1.165) is 22.0 Å². The number of thiazole rings is 1. The van der Waals surface area contributed by atoms with Crippen LogP contribution >= 0.6 is 11.3 Å². The van der Waals surface area contributed by atoms with Crippen molar-refractivity contribution in [3.05, 3.63) is 59.6 Å². The zero-order valence-electron chi connectivity index (χ0n) is 18.2. The molecule has 2 heterocycles. The summed E-state index contributed by atoms with van der Waals surface area (Å²) in [6, 6.07) is 14.5. The third-order valence-corrected chi connectivity index (χ3v) is 8.23. The van der Waals surface area contributed by atoms with Crippen molar-refractivity contribution in [2.75, 3.05) is 39.9 Å². The number of ether oxygens (including phenoxy) is 2. The quantitative estimate of drug-likeness (QED) is 0.497. The van der Waals surface area contributed by atoms with Crippen LogP contribution in [0.4, 0.5) is 0 Å². The van der Waals surface area contributed by atoms with E-state index in [-0.39, 0.29) is 0 Å². The van der Waals surface area contributed by atoms with E-state index in [1.807, 2.05) is 31.2 Å². The summed E-state index contributed by atoms with van der Waals surface area (Å²) in [5, 5.41) is 3.05. The van der Waals surface area contributed by atoms with Crippen molar-refractivity contribution in [2.24, 2.45) is 0 Å². The molecule has 170 valence electrons. The molecular formula is C23H27N3O4S2. The molecule has 0 bridgehead atoms. The highest BCUT2D eigenvalue weighted by molar-refractivity contribution is 7.89. The lowest BCUT2D eigenvalue weighted by Crippen LogP contribution is -2.48. The number of aromatic nitrogens is 1. The Morgan fingerprint density at radius 3 is 2.25 bits per heavy atom. The standard InChI is InChI=1S/C23H27N3O4S2/c1-3-30-21-6-4-18(5-7-21)23-24-19(17-31-23)16-25-12-14-26(15-13-25)32(27,28)22-10-8-20(29-2)9-11-22/h4-11,17H,3,12-16H2,1-2H3. The Hall–Kier alpha value is -2.46. The third-order valence-electron chi connectivity index (χ3n) is 5.38. The van der Waals surface area contributed by atoms with Crippen LogP contribution < -0.4 is 9.47 Å². The van der Waals surface area contributed by atoms with Crippen LogP contribution in [0.1, 0.15) is 12.6 Å². The average Bonchev–Trinajstić information content (AvgIpc) is 3.28. The van der Waals surface area contributed by atoms with E-state index < -0.39 is 10.0 Å². The molecule has 0 saturated carbocycles. The second kappa shape index (κ2) is 9.99. The van der Waals surface area contributed by atoms with Gasteiger partial charge in [-0.25, -0.2) is 13.4 Å². The van der Waals surface area contributed by atoms with Crippen LogP contribution in [0, 0.1) is 0 Å². The molecule has 2 aromatic carbocycles. The summed E-state index contributed by atoms with van der Waals surface area (Å²) in [5.74, 6) is 1.50. The number of piperazine rings is 1. The predicted octanol–water partition coefficient (Wildman–Crippen LogP) is 3.72. The molecular weight excluding hydrogens is 446 g/mol. The Morgan fingerprint density at radius 2 is 1.62 bits per heavy atom. The van der Waals surface area contributed by atoms with Crippen molar-refractivity contribution in [1.82, 2.24) is 14.2 Å². The summed E-state index contributed by atoms with van der Waals surface area (Å²) in [7, 11) is -1.93. The first-order valence-electron chi connectivity index (χ1n) is 10.5. The molecule has 1 fully saturated rings. The van der Waals surface area contributed by atoms with Crippen molar-refractivity contribution < 1.29 is 17.9 Å². The van der Waals surface area contributed by atoms with E-state index in [1.165, 1.54) is 0 Å². The first-order chi connectivity index (χ1) is 15.5. The number of hydrogen-bond acceptors (Lipinski definition) is 7. The molecule has 1 aliphatic rings. The summed E-state index contributed by atoms with van der Waals surface area (Å²) in [6.07, 6.45) is 0. The topological polar surface area (TPSA) is 72.0 Å². The van der Waals surface area contributed by atoms with Gasteiger partial charge in [-0.05, 0) is 55.5 Å². The molecule has 0 amide bonds. The highest BCUT2D eigenvalue weighted by Crippen LogP contribution is 2.27. The zero-order valence-corrected chi connectivity index (χ0v) is 19.9. The Labute approximate surface area is 193 Å². The molecule has 0 atom stereocenters. The fourth-order valence-corrected chi connectivity index (χ4v) is 5.87. The Balaban J connectivity index is 1.34. The highest BCUT2D eigenvalue weighted by atomic mass is 32.2. The van der Waals surface area contributed by atoms with E-state index in [0.29, 0.717) is 50.0 Å². The number of nitrogens with zero attached hydrogens (tertiary/aromatic N) is 3. The molecule has 0 spiro atoms. The molecule has 0 unspecified atom stereocenters. The van der Waals surface area contributed by atoms with Gasteiger partial charge in [-0.15, -0.1) is 11.3 Å². The van der Waals surface area contributed by atoms with Gasteiger partial charge in [0.15, 0.2) is 0 Å². The highest BCUT2D eigenvalue weighted by Gasteiger charge is 2.28. The van der Waals surface area contributed by atoms with Gasteiger partial charge in [-0.2, -0.15) is 4.31 Å². The maximum atomic E-state index is 12.9. The Bertz CT molecular complexity index is 1120. The van der Waals surface area contributed by atoms with Gasteiger partial charge in [-0.1, -0.05) is 0 Å². The first-order valence-corrected chi connectivity index (χ1v) is 12.9. The maximum Gasteiger partial charge on any atom is 0.243 e. The Morgan fingerprint density at radius 1 is 0.969 bits per heavy atom. The van der Waals surface area contributed by atoms with Crippen molar-refractivity contribution in [3.8, 4) is 22.1 Å². The van der Waals surface area contributed by atoms with E-state index >= 15 is 0 Å². The average molecular weight is 474 g/mol. The second-order valence-electron chi connectivity index (χ2n) is 7.46. The molecule has 0 N–H and O–H groups in total. The van der Waals surface area contributed by atoms with Crippen LogP contribution in [0.15, 0.2) is 58.8 Å². The summed E-state index contributed by atoms with van der Waals surface area (Å²) < 4.78 is 38.0. The molecule has 9 heteroatoms. The fourth-order valence-electron chi connectivity index (χ4n) is 3.63. The first kappa shape index (κ1) is 22.7. The SMILES string of the molecule is CCOc1ccc(-c2nc(CN3CCN(S(=O)(=O)c4ccc(OC)cc4)CC3)cs2)cc1. The molecule has 0 radical (unpaired) electrons. The summed E-state index contributed by atoms with van der Waals surface area (Å²) in [4.78, 5) is 7.32. The van der Waals surface area contributed by atoms with Crippen molar-refractivity contribution in [1.29, 1.82) is 0 Å². The number of hydrogen-bond donors (Lipinski definition) is 0. The lowest BCUT2D eigenvalue weighted by Gasteiger charge is -2.33. The normalized spacial score (nSPS) is 15.6. The summed E-state index contributed by atoms with van der Waals surface area (Å²) in [5.41, 5.74) is 2.07. The molecule has 1 aliphatic heterocycles. The molecule has 3 aromatic rings. The monoisotopic (exact) mass is 473 g/mol. The fraction of sp³-hybridized carbons (Fsp3) is 0.348.